The van der Waals surface area contributed by atoms with Gasteiger partial charge in [-0.1, -0.05) is 13.0 Å². The number of carbonyl (C=O) groups is 2. The molecule has 0 bridgehead atoms. The molecule has 1 saturated carbocycles. The molecule has 2 amide bonds. The topological polar surface area (TPSA) is 77.1 Å². The summed E-state index contributed by atoms with van der Waals surface area (Å²) in [5.74, 6) is 1.04. The van der Waals surface area contributed by atoms with Crippen LogP contribution in [0.5, 0.6) is 11.5 Å². The van der Waals surface area contributed by atoms with Crippen molar-refractivity contribution >= 4 is 23.4 Å². The summed E-state index contributed by atoms with van der Waals surface area (Å²) < 4.78 is 16.6. The van der Waals surface area contributed by atoms with Gasteiger partial charge in [-0.05, 0) is 62.1 Å². The molecule has 1 aromatic rings. The summed E-state index contributed by atoms with van der Waals surface area (Å²) in [6, 6.07) is 4.60. The molecule has 8 heteroatoms. The molecule has 32 heavy (non-hydrogen) atoms. The van der Waals surface area contributed by atoms with Crippen LogP contribution in [0.1, 0.15) is 57.1 Å². The molecule has 178 valence electrons. The van der Waals surface area contributed by atoms with Crippen LogP contribution < -0.4 is 14.8 Å². The highest BCUT2D eigenvalue weighted by Crippen LogP contribution is 2.33. The molecule has 3 rings (SSSR count). The van der Waals surface area contributed by atoms with Crippen LogP contribution in [0.4, 0.5) is 0 Å². The summed E-state index contributed by atoms with van der Waals surface area (Å²) in [4.78, 5) is 28.1. The second-order valence-corrected chi connectivity index (χ2v) is 9.06. The number of rotatable bonds is 9. The highest BCUT2D eigenvalue weighted by atomic mass is 35.5. The molecule has 1 aliphatic carbocycles. The third kappa shape index (κ3) is 6.07. The first-order chi connectivity index (χ1) is 15.5. The first-order valence-corrected chi connectivity index (χ1v) is 12.0. The monoisotopic (exact) mass is 466 g/mol. The summed E-state index contributed by atoms with van der Waals surface area (Å²) in [5.41, 5.74) is 0.654. The smallest absolute Gasteiger partial charge is 0.247 e. The van der Waals surface area contributed by atoms with Crippen molar-refractivity contribution in [1.82, 2.24) is 10.2 Å². The molecule has 7 nitrogen and oxygen atoms in total. The largest absolute Gasteiger partial charge is 0.493 e. The van der Waals surface area contributed by atoms with Gasteiger partial charge in [-0.15, -0.1) is 11.6 Å². The summed E-state index contributed by atoms with van der Waals surface area (Å²) in [5, 5.41) is 3.20. The zero-order valence-electron chi connectivity index (χ0n) is 19.3. The van der Waals surface area contributed by atoms with E-state index in [9.17, 15) is 9.59 Å². The lowest BCUT2D eigenvalue weighted by Gasteiger charge is -2.35. The van der Waals surface area contributed by atoms with E-state index in [0.717, 1.165) is 38.5 Å². The zero-order valence-corrected chi connectivity index (χ0v) is 20.0. The minimum absolute atomic E-state index is 0.104. The van der Waals surface area contributed by atoms with Gasteiger partial charge in [-0.2, -0.15) is 0 Å². The van der Waals surface area contributed by atoms with Crippen LogP contribution in [0.25, 0.3) is 0 Å². The van der Waals surface area contributed by atoms with E-state index in [4.69, 9.17) is 25.8 Å². The van der Waals surface area contributed by atoms with Crippen LogP contribution in [0, 0.1) is 5.92 Å². The van der Waals surface area contributed by atoms with Crippen molar-refractivity contribution in [3.05, 3.63) is 23.8 Å². The summed E-state index contributed by atoms with van der Waals surface area (Å²) in [6.07, 6.45) is 5.77. The van der Waals surface area contributed by atoms with Crippen LogP contribution in [0.3, 0.4) is 0 Å². The maximum Gasteiger partial charge on any atom is 0.247 e. The number of ether oxygens (including phenoxy) is 3. The molecule has 0 radical (unpaired) electrons. The fraction of sp³-hybridized carbons (Fsp3) is 0.667. The Labute approximate surface area is 195 Å². The van der Waals surface area contributed by atoms with Crippen LogP contribution in [0.2, 0.25) is 0 Å². The molecular formula is C24H35ClN2O5. The minimum atomic E-state index is -0.829. The van der Waals surface area contributed by atoms with Crippen LogP contribution in [-0.4, -0.2) is 62.1 Å². The Morgan fingerprint density at radius 2 is 1.88 bits per heavy atom. The van der Waals surface area contributed by atoms with Crippen LogP contribution in [-0.2, 0) is 14.3 Å². The van der Waals surface area contributed by atoms with E-state index in [1.54, 1.807) is 37.3 Å². The first-order valence-electron chi connectivity index (χ1n) is 11.5. The minimum Gasteiger partial charge on any atom is -0.493 e. The molecule has 2 atom stereocenters. The molecule has 2 aliphatic rings. The predicted molar refractivity (Wildman–Crippen MR) is 123 cm³/mol. The van der Waals surface area contributed by atoms with E-state index in [1.807, 2.05) is 0 Å². The number of halogens is 1. The second-order valence-electron chi connectivity index (χ2n) is 8.80. The highest BCUT2D eigenvalue weighted by molar-refractivity contribution is 6.27. The number of methoxy groups -OCH3 is 2. The maximum atomic E-state index is 13.6. The second kappa shape index (κ2) is 11.8. The normalized spacial score (nSPS) is 23.9. The van der Waals surface area contributed by atoms with Crippen LogP contribution in [0.15, 0.2) is 18.2 Å². The molecule has 1 heterocycles. The summed E-state index contributed by atoms with van der Waals surface area (Å²) >= 11 is 5.97. The van der Waals surface area contributed by atoms with E-state index in [0.29, 0.717) is 36.1 Å². The van der Waals surface area contributed by atoms with E-state index in [1.165, 1.54) is 0 Å². The van der Waals surface area contributed by atoms with Gasteiger partial charge < -0.3 is 24.4 Å². The fourth-order valence-corrected chi connectivity index (χ4v) is 4.77. The van der Waals surface area contributed by atoms with Crippen molar-refractivity contribution in [3.63, 3.8) is 0 Å². The SMILES string of the molecule is COc1ccc([C@@H](C(=O)NC2CCC(C)CC2)N(C[C@H]2CCCO2)C(=O)CCl)cc1OC. The van der Waals surface area contributed by atoms with Gasteiger partial charge in [-0.3, -0.25) is 9.59 Å². The summed E-state index contributed by atoms with van der Waals surface area (Å²) in [6.45, 7) is 3.23. The number of benzene rings is 1. The lowest BCUT2D eigenvalue weighted by molar-refractivity contribution is -0.141. The van der Waals surface area contributed by atoms with E-state index < -0.39 is 6.04 Å². The fourth-order valence-electron chi connectivity index (χ4n) is 4.62. The third-order valence-corrected chi connectivity index (χ3v) is 6.73. The molecular weight excluding hydrogens is 432 g/mol. The molecule has 1 aromatic carbocycles. The number of carbonyl (C=O) groups excluding carboxylic acids is 2. The van der Waals surface area contributed by atoms with E-state index >= 15 is 0 Å². The zero-order chi connectivity index (χ0) is 23.1. The molecule has 0 aromatic heterocycles. The van der Waals surface area contributed by atoms with Gasteiger partial charge in [0.15, 0.2) is 11.5 Å². The molecule has 1 N–H and O–H groups in total. The number of hydrogen-bond acceptors (Lipinski definition) is 5. The maximum absolute atomic E-state index is 13.6. The van der Waals surface area contributed by atoms with Crippen molar-refractivity contribution in [2.75, 3.05) is 33.3 Å². The van der Waals surface area contributed by atoms with Gasteiger partial charge in [0.25, 0.3) is 0 Å². The van der Waals surface area contributed by atoms with E-state index in [2.05, 4.69) is 12.2 Å². The lowest BCUT2D eigenvalue weighted by atomic mass is 9.87. The Bertz CT molecular complexity index is 776. The molecule has 2 fully saturated rings. The Hall–Kier alpha value is -1.99. The van der Waals surface area contributed by atoms with Crippen molar-refractivity contribution in [2.24, 2.45) is 5.92 Å². The number of alkyl halides is 1. The van der Waals surface area contributed by atoms with Gasteiger partial charge in [0.2, 0.25) is 11.8 Å². The highest BCUT2D eigenvalue weighted by Gasteiger charge is 2.35. The average molecular weight is 467 g/mol. The predicted octanol–water partition coefficient (Wildman–Crippen LogP) is 3.69. The number of hydrogen-bond donors (Lipinski definition) is 1. The molecule has 0 unspecified atom stereocenters. The van der Waals surface area contributed by atoms with Crippen molar-refractivity contribution in [3.8, 4) is 11.5 Å². The van der Waals surface area contributed by atoms with Crippen molar-refractivity contribution in [2.45, 2.75) is 63.6 Å². The first kappa shape index (κ1) is 24.6. The quantitative estimate of drug-likeness (QED) is 0.562. The van der Waals surface area contributed by atoms with Gasteiger partial charge in [0.1, 0.15) is 11.9 Å². The van der Waals surface area contributed by atoms with E-state index in [-0.39, 0.29) is 29.8 Å². The standard InChI is InChI=1S/C24H35ClN2O5/c1-16-6-9-18(10-7-16)26-24(29)23(17-8-11-20(30-2)21(13-17)31-3)27(22(28)14-25)15-19-5-4-12-32-19/h8,11,13,16,18-19,23H,4-7,9-10,12,14-15H2,1-3H3,(H,26,29)/t16?,18?,19-,23+/m1/s1. The van der Waals surface area contributed by atoms with Crippen molar-refractivity contribution in [1.29, 1.82) is 0 Å². The number of nitrogens with one attached hydrogen (secondary N) is 1. The number of amides is 2. The van der Waals surface area contributed by atoms with Crippen LogP contribution >= 0.6 is 11.6 Å². The average Bonchev–Trinajstić information content (AvgIpc) is 3.32. The summed E-state index contributed by atoms with van der Waals surface area (Å²) in [7, 11) is 3.11. The molecule has 0 spiro atoms. The molecule has 1 aliphatic heterocycles. The lowest BCUT2D eigenvalue weighted by Crippen LogP contribution is -2.49. The Balaban J connectivity index is 1.92. The van der Waals surface area contributed by atoms with Gasteiger partial charge in [0, 0.05) is 19.2 Å². The van der Waals surface area contributed by atoms with Gasteiger partial charge in [-0.25, -0.2) is 0 Å². The van der Waals surface area contributed by atoms with Gasteiger partial charge in [0.05, 0.1) is 20.3 Å². The number of nitrogens with zero attached hydrogens (tertiary/aromatic N) is 1. The Morgan fingerprint density at radius 3 is 2.47 bits per heavy atom. The Kier molecular flexibility index (Phi) is 9.05. The van der Waals surface area contributed by atoms with Crippen molar-refractivity contribution < 1.29 is 23.8 Å². The van der Waals surface area contributed by atoms with Gasteiger partial charge >= 0.3 is 0 Å². The Morgan fingerprint density at radius 1 is 1.16 bits per heavy atom. The third-order valence-electron chi connectivity index (χ3n) is 6.50. The molecule has 1 saturated heterocycles.